The lowest BCUT2D eigenvalue weighted by Crippen LogP contribution is -2.43. The zero-order valence-corrected chi connectivity index (χ0v) is 21.6. The molecule has 0 N–H and O–H groups in total. The maximum Gasteiger partial charge on any atom is 0.243 e. The molecule has 182 valence electrons. The number of carbonyl (C=O) groups is 1. The van der Waals surface area contributed by atoms with Crippen molar-refractivity contribution in [3.63, 3.8) is 0 Å². The summed E-state index contributed by atoms with van der Waals surface area (Å²) in [4.78, 5) is 17.4. The van der Waals surface area contributed by atoms with E-state index in [1.54, 1.807) is 52.6 Å². The zero-order valence-electron chi connectivity index (χ0n) is 20.0. The summed E-state index contributed by atoms with van der Waals surface area (Å²) < 4.78 is 41.5. The van der Waals surface area contributed by atoms with Crippen LogP contribution in [0.1, 0.15) is 34.7 Å². The molecule has 0 saturated carbocycles. The van der Waals surface area contributed by atoms with Gasteiger partial charge in [0.1, 0.15) is 5.82 Å². The molecular formula is C26H31FN2O3S2. The van der Waals surface area contributed by atoms with Crippen molar-refractivity contribution < 1.29 is 17.6 Å². The highest BCUT2D eigenvalue weighted by Gasteiger charge is 2.29. The molecule has 3 aromatic rings. The molecule has 0 bridgehead atoms. The second-order valence-electron chi connectivity index (χ2n) is 8.89. The molecule has 5 nitrogen and oxygen atoms in total. The van der Waals surface area contributed by atoms with E-state index in [-0.39, 0.29) is 42.2 Å². The quantitative estimate of drug-likeness (QED) is 0.374. The number of hydrogen-bond donors (Lipinski definition) is 0. The summed E-state index contributed by atoms with van der Waals surface area (Å²) in [5.41, 5.74) is 1.74. The van der Waals surface area contributed by atoms with Crippen LogP contribution in [0.3, 0.4) is 0 Å². The molecule has 0 radical (unpaired) electrons. The average Bonchev–Trinajstić information content (AvgIpc) is 3.19. The number of halogens is 1. The van der Waals surface area contributed by atoms with Crippen LogP contribution in [0.5, 0.6) is 0 Å². The van der Waals surface area contributed by atoms with E-state index in [1.165, 1.54) is 16.4 Å². The van der Waals surface area contributed by atoms with Crippen LogP contribution in [0.2, 0.25) is 0 Å². The van der Waals surface area contributed by atoms with Gasteiger partial charge in [-0.2, -0.15) is 4.31 Å². The zero-order chi connectivity index (χ0) is 24.9. The summed E-state index contributed by atoms with van der Waals surface area (Å²) in [6, 6.07) is 16.6. The molecule has 1 heterocycles. The van der Waals surface area contributed by atoms with E-state index < -0.39 is 10.0 Å². The lowest BCUT2D eigenvalue weighted by molar-refractivity contribution is -0.132. The van der Waals surface area contributed by atoms with Crippen LogP contribution in [0.4, 0.5) is 4.39 Å². The molecule has 0 aliphatic carbocycles. The Morgan fingerprint density at radius 2 is 1.59 bits per heavy atom. The van der Waals surface area contributed by atoms with Crippen molar-refractivity contribution in [1.82, 2.24) is 9.21 Å². The second-order valence-corrected chi connectivity index (χ2v) is 12.2. The minimum absolute atomic E-state index is 0.0403. The standard InChI is InChI=1S/C26H31FN2O3S2/c1-19(2)15-29(34(31,32)25-13-5-20(3)6-14-25)18-26(30)28(17-24-12-7-21(4)33-24)16-22-8-10-23(27)11-9-22/h5-14,19H,15-18H2,1-4H3. The third-order valence-corrected chi connectivity index (χ3v) is 8.13. The summed E-state index contributed by atoms with van der Waals surface area (Å²) in [5.74, 6) is -0.604. The van der Waals surface area contributed by atoms with Crippen molar-refractivity contribution in [1.29, 1.82) is 0 Å². The lowest BCUT2D eigenvalue weighted by Gasteiger charge is -2.28. The predicted molar refractivity (Wildman–Crippen MR) is 134 cm³/mol. The summed E-state index contributed by atoms with van der Waals surface area (Å²) in [6.45, 7) is 8.32. The highest BCUT2D eigenvalue weighted by atomic mass is 32.2. The molecule has 1 aromatic heterocycles. The molecule has 0 saturated heterocycles. The number of benzene rings is 2. The highest BCUT2D eigenvalue weighted by Crippen LogP contribution is 2.21. The number of nitrogens with zero attached hydrogens (tertiary/aromatic N) is 2. The van der Waals surface area contributed by atoms with Gasteiger partial charge in [0.2, 0.25) is 15.9 Å². The summed E-state index contributed by atoms with van der Waals surface area (Å²) >= 11 is 1.59. The Balaban J connectivity index is 1.88. The SMILES string of the molecule is Cc1ccc(S(=O)(=O)N(CC(=O)N(Cc2ccc(F)cc2)Cc2ccc(C)s2)CC(C)C)cc1. The topological polar surface area (TPSA) is 57.7 Å². The van der Waals surface area contributed by atoms with E-state index in [4.69, 9.17) is 0 Å². The first-order chi connectivity index (χ1) is 16.0. The van der Waals surface area contributed by atoms with Gasteiger partial charge < -0.3 is 4.90 Å². The van der Waals surface area contributed by atoms with Crippen LogP contribution >= 0.6 is 11.3 Å². The molecule has 0 fully saturated rings. The fourth-order valence-corrected chi connectivity index (χ4v) is 6.02. The maximum atomic E-state index is 13.5. The Kier molecular flexibility index (Phi) is 8.62. The van der Waals surface area contributed by atoms with Gasteiger partial charge in [0.25, 0.3) is 0 Å². The van der Waals surface area contributed by atoms with Crippen molar-refractivity contribution in [2.75, 3.05) is 13.1 Å². The van der Waals surface area contributed by atoms with Crippen LogP contribution in [0.15, 0.2) is 65.6 Å². The van der Waals surface area contributed by atoms with Crippen molar-refractivity contribution in [3.05, 3.63) is 87.4 Å². The highest BCUT2D eigenvalue weighted by molar-refractivity contribution is 7.89. The van der Waals surface area contributed by atoms with Crippen LogP contribution in [0, 0.1) is 25.6 Å². The van der Waals surface area contributed by atoms with E-state index in [9.17, 15) is 17.6 Å². The van der Waals surface area contributed by atoms with Gasteiger partial charge >= 0.3 is 0 Å². The first kappa shape index (κ1) is 26.1. The van der Waals surface area contributed by atoms with Gasteiger partial charge in [-0.3, -0.25) is 4.79 Å². The number of amides is 1. The molecule has 0 unspecified atom stereocenters. The van der Waals surface area contributed by atoms with Gasteiger partial charge in [-0.15, -0.1) is 11.3 Å². The smallest absolute Gasteiger partial charge is 0.243 e. The number of rotatable bonds is 10. The minimum atomic E-state index is -3.85. The van der Waals surface area contributed by atoms with Crippen LogP contribution in [0.25, 0.3) is 0 Å². The third-order valence-electron chi connectivity index (χ3n) is 5.32. The molecule has 3 rings (SSSR count). The molecular weight excluding hydrogens is 471 g/mol. The van der Waals surface area contributed by atoms with Crippen LogP contribution in [-0.4, -0.2) is 36.6 Å². The first-order valence-electron chi connectivity index (χ1n) is 11.2. The van der Waals surface area contributed by atoms with Gasteiger partial charge in [0.05, 0.1) is 18.0 Å². The largest absolute Gasteiger partial charge is 0.332 e. The van der Waals surface area contributed by atoms with Crippen molar-refractivity contribution in [2.45, 2.75) is 45.7 Å². The Hall–Kier alpha value is -2.55. The molecule has 34 heavy (non-hydrogen) atoms. The normalized spacial score (nSPS) is 11.9. The maximum absolute atomic E-state index is 13.5. The van der Waals surface area contributed by atoms with E-state index in [0.29, 0.717) is 6.54 Å². The molecule has 2 aromatic carbocycles. The van der Waals surface area contributed by atoms with E-state index >= 15 is 0 Å². The van der Waals surface area contributed by atoms with E-state index in [1.807, 2.05) is 39.8 Å². The lowest BCUT2D eigenvalue weighted by atomic mass is 10.2. The number of hydrogen-bond acceptors (Lipinski definition) is 4. The van der Waals surface area contributed by atoms with Gasteiger partial charge in [-0.05, 0) is 61.7 Å². The number of carbonyl (C=O) groups excluding carboxylic acids is 1. The minimum Gasteiger partial charge on any atom is -0.332 e. The molecule has 0 atom stereocenters. The third kappa shape index (κ3) is 6.98. The Morgan fingerprint density at radius 1 is 0.941 bits per heavy atom. The number of sulfonamides is 1. The number of thiophene rings is 1. The molecule has 0 spiro atoms. The summed E-state index contributed by atoms with van der Waals surface area (Å²) in [7, 11) is -3.85. The molecule has 0 aliphatic heterocycles. The van der Waals surface area contributed by atoms with Gasteiger partial charge in [0, 0.05) is 22.8 Å². The van der Waals surface area contributed by atoms with E-state index in [0.717, 1.165) is 20.9 Å². The number of aryl methyl sites for hydroxylation is 2. The fraction of sp³-hybridized carbons (Fsp3) is 0.346. The van der Waals surface area contributed by atoms with Crippen molar-refractivity contribution in [3.8, 4) is 0 Å². The van der Waals surface area contributed by atoms with Crippen molar-refractivity contribution in [2.24, 2.45) is 5.92 Å². The van der Waals surface area contributed by atoms with Gasteiger partial charge in [0.15, 0.2) is 0 Å². The van der Waals surface area contributed by atoms with Crippen LogP contribution in [-0.2, 0) is 27.9 Å². The summed E-state index contributed by atoms with van der Waals surface area (Å²) in [5, 5.41) is 0. The fourth-order valence-electron chi connectivity index (χ4n) is 3.57. The predicted octanol–water partition coefficient (Wildman–Crippen LogP) is 5.38. The summed E-state index contributed by atoms with van der Waals surface area (Å²) in [6.07, 6.45) is 0. The van der Waals surface area contributed by atoms with Crippen LogP contribution < -0.4 is 0 Å². The molecule has 1 amide bonds. The first-order valence-corrected chi connectivity index (χ1v) is 13.4. The van der Waals surface area contributed by atoms with Gasteiger partial charge in [-0.25, -0.2) is 12.8 Å². The Labute approximate surface area is 205 Å². The molecule has 0 aliphatic rings. The van der Waals surface area contributed by atoms with Gasteiger partial charge in [-0.1, -0.05) is 43.7 Å². The average molecular weight is 503 g/mol. The monoisotopic (exact) mass is 502 g/mol. The van der Waals surface area contributed by atoms with E-state index in [2.05, 4.69) is 0 Å². The molecule has 8 heteroatoms. The Bertz CT molecular complexity index is 1200. The Morgan fingerprint density at radius 3 is 2.15 bits per heavy atom. The second kappa shape index (κ2) is 11.3. The van der Waals surface area contributed by atoms with Crippen molar-refractivity contribution >= 4 is 27.3 Å².